The maximum absolute atomic E-state index is 13.7. The van der Waals surface area contributed by atoms with Gasteiger partial charge in [-0.25, -0.2) is 23.7 Å². The number of anilines is 1. The number of aromatic nitrogens is 3. The van der Waals surface area contributed by atoms with Crippen LogP contribution in [-0.2, 0) is 4.74 Å². The number of ether oxygens (including phenoxy) is 1. The van der Waals surface area contributed by atoms with E-state index in [9.17, 15) is 9.18 Å². The van der Waals surface area contributed by atoms with Gasteiger partial charge in [0.05, 0.1) is 18.8 Å². The Morgan fingerprint density at radius 1 is 1.37 bits per heavy atom. The number of carbonyl (C=O) groups is 1. The Morgan fingerprint density at radius 2 is 2.22 bits per heavy atom. The van der Waals surface area contributed by atoms with Crippen LogP contribution in [0.15, 0.2) is 47.8 Å². The fourth-order valence-electron chi connectivity index (χ4n) is 3.18. The first-order valence-corrected chi connectivity index (χ1v) is 8.67. The lowest BCUT2D eigenvalue weighted by molar-refractivity contribution is 0.0528. The zero-order valence-electron chi connectivity index (χ0n) is 15.0. The summed E-state index contributed by atoms with van der Waals surface area (Å²) in [4.78, 5) is 16.7. The molecule has 0 saturated heterocycles. The smallest absolute Gasteiger partial charge is 0.343 e. The molecule has 1 aromatic carbocycles. The average molecular weight is 367 g/mol. The molecule has 0 radical (unpaired) electrons. The highest BCUT2D eigenvalue weighted by Crippen LogP contribution is 2.34. The van der Waals surface area contributed by atoms with Gasteiger partial charge >= 0.3 is 5.97 Å². The molecular weight excluding hydrogens is 349 g/mol. The van der Waals surface area contributed by atoms with E-state index in [1.807, 2.05) is 13.0 Å². The van der Waals surface area contributed by atoms with Crippen molar-refractivity contribution < 1.29 is 13.9 Å². The molecular formula is C19H18FN5O2. The third kappa shape index (κ3) is 3.14. The first-order valence-electron chi connectivity index (χ1n) is 8.67. The van der Waals surface area contributed by atoms with E-state index < -0.39 is 5.97 Å². The molecule has 0 N–H and O–H groups in total. The lowest BCUT2D eigenvalue weighted by atomic mass is 10.0. The van der Waals surface area contributed by atoms with Gasteiger partial charge in [-0.2, -0.15) is 10.2 Å². The fraction of sp³-hybridized carbons (Fsp3) is 0.263. The van der Waals surface area contributed by atoms with E-state index in [0.717, 1.165) is 11.3 Å². The molecule has 1 aliphatic rings. The zero-order chi connectivity index (χ0) is 19.0. The summed E-state index contributed by atoms with van der Waals surface area (Å²) in [6.45, 7) is 3.94. The predicted octanol–water partition coefficient (Wildman–Crippen LogP) is 3.37. The fourth-order valence-corrected chi connectivity index (χ4v) is 3.18. The number of hydrogen-bond acceptors (Lipinski definition) is 6. The van der Waals surface area contributed by atoms with Crippen molar-refractivity contribution in [3.63, 3.8) is 0 Å². The molecule has 4 rings (SSSR count). The number of benzene rings is 1. The molecule has 1 aliphatic heterocycles. The van der Waals surface area contributed by atoms with Crippen LogP contribution in [0.25, 0.3) is 5.65 Å². The number of fused-ring (bicyclic) bond motifs is 1. The number of nitrogens with zero attached hydrogens (tertiary/aromatic N) is 5. The van der Waals surface area contributed by atoms with Gasteiger partial charge in [-0.15, -0.1) is 0 Å². The molecule has 0 aliphatic carbocycles. The lowest BCUT2D eigenvalue weighted by Crippen LogP contribution is -2.20. The van der Waals surface area contributed by atoms with Crippen molar-refractivity contribution in [2.75, 3.05) is 11.6 Å². The molecule has 0 amide bonds. The molecule has 1 atom stereocenters. The van der Waals surface area contributed by atoms with Crippen molar-refractivity contribution in [3.8, 4) is 0 Å². The second-order valence-corrected chi connectivity index (χ2v) is 6.29. The number of hydrogen-bond donors (Lipinski definition) is 0. The molecule has 0 bridgehead atoms. The van der Waals surface area contributed by atoms with Crippen LogP contribution in [0.3, 0.4) is 0 Å². The molecule has 8 heteroatoms. The molecule has 0 spiro atoms. The normalized spacial score (nSPS) is 16.6. The molecule has 0 saturated carbocycles. The highest BCUT2D eigenvalue weighted by atomic mass is 19.1. The van der Waals surface area contributed by atoms with E-state index in [2.05, 4.69) is 15.2 Å². The number of halogens is 1. The van der Waals surface area contributed by atoms with E-state index in [4.69, 9.17) is 4.74 Å². The minimum atomic E-state index is -0.472. The van der Waals surface area contributed by atoms with Crippen molar-refractivity contribution in [2.45, 2.75) is 26.3 Å². The van der Waals surface area contributed by atoms with Gasteiger partial charge in [-0.3, -0.25) is 0 Å². The Morgan fingerprint density at radius 3 is 3.00 bits per heavy atom. The Hall–Kier alpha value is -3.29. The van der Waals surface area contributed by atoms with Gasteiger partial charge in [-0.1, -0.05) is 12.1 Å². The van der Waals surface area contributed by atoms with E-state index in [1.165, 1.54) is 22.8 Å². The van der Waals surface area contributed by atoms with Crippen LogP contribution in [0.1, 0.15) is 42.2 Å². The van der Waals surface area contributed by atoms with Gasteiger partial charge in [0.25, 0.3) is 0 Å². The average Bonchev–Trinajstić information content (AvgIpc) is 3.25. The van der Waals surface area contributed by atoms with Crippen LogP contribution in [0.4, 0.5) is 10.2 Å². The number of hydrazone groups is 1. The topological polar surface area (TPSA) is 72.1 Å². The van der Waals surface area contributed by atoms with Gasteiger partial charge in [0.1, 0.15) is 11.4 Å². The Labute approximate surface area is 155 Å². The standard InChI is InChI=1S/C19H18FN5O2/c1-3-27-19(26)15-11-21-24-8-7-17(22-18(15)24)25-16(9-12(2)23-25)13-5-4-6-14(20)10-13/h4-8,10-11,16H,3,9H2,1-2H3. The van der Waals surface area contributed by atoms with Crippen LogP contribution in [0.5, 0.6) is 0 Å². The van der Waals surface area contributed by atoms with Crippen LogP contribution in [-0.4, -0.2) is 32.9 Å². The minimum absolute atomic E-state index is 0.162. The van der Waals surface area contributed by atoms with Crippen LogP contribution < -0.4 is 5.01 Å². The van der Waals surface area contributed by atoms with Crippen LogP contribution in [0.2, 0.25) is 0 Å². The Balaban J connectivity index is 1.75. The monoisotopic (exact) mass is 367 g/mol. The van der Waals surface area contributed by atoms with Crippen molar-refractivity contribution in [1.82, 2.24) is 14.6 Å². The molecule has 27 heavy (non-hydrogen) atoms. The van der Waals surface area contributed by atoms with E-state index in [1.54, 1.807) is 30.3 Å². The van der Waals surface area contributed by atoms with Crippen LogP contribution in [0, 0.1) is 5.82 Å². The van der Waals surface area contributed by atoms with Crippen molar-refractivity contribution in [2.24, 2.45) is 5.10 Å². The SMILES string of the molecule is CCOC(=O)c1cnn2ccc(N3N=C(C)CC3c3cccc(F)c3)nc12. The number of carbonyl (C=O) groups excluding carboxylic acids is 1. The quantitative estimate of drug-likeness (QED) is 0.661. The summed E-state index contributed by atoms with van der Waals surface area (Å²) in [5.41, 5.74) is 2.42. The maximum Gasteiger partial charge on any atom is 0.343 e. The highest BCUT2D eigenvalue weighted by Gasteiger charge is 2.29. The van der Waals surface area contributed by atoms with E-state index in [0.29, 0.717) is 23.4 Å². The summed E-state index contributed by atoms with van der Waals surface area (Å²) in [6.07, 6.45) is 3.82. The number of esters is 1. The lowest BCUT2D eigenvalue weighted by Gasteiger charge is -2.23. The third-order valence-corrected chi connectivity index (χ3v) is 4.38. The molecule has 2 aromatic heterocycles. The Kier molecular flexibility index (Phi) is 4.31. The van der Waals surface area contributed by atoms with E-state index in [-0.39, 0.29) is 18.5 Å². The summed E-state index contributed by atoms with van der Waals surface area (Å²) in [5, 5.41) is 10.5. The molecule has 0 fully saturated rings. The second kappa shape index (κ2) is 6.79. The summed E-state index contributed by atoms with van der Waals surface area (Å²) >= 11 is 0. The van der Waals surface area contributed by atoms with Gasteiger partial charge in [-0.05, 0) is 31.5 Å². The minimum Gasteiger partial charge on any atom is -0.462 e. The summed E-state index contributed by atoms with van der Waals surface area (Å²) in [6, 6.07) is 8.08. The summed E-state index contributed by atoms with van der Waals surface area (Å²) in [5.74, 6) is -0.208. The zero-order valence-corrected chi connectivity index (χ0v) is 15.0. The summed E-state index contributed by atoms with van der Waals surface area (Å²) in [7, 11) is 0. The van der Waals surface area contributed by atoms with Crippen molar-refractivity contribution in [3.05, 3.63) is 59.7 Å². The molecule has 138 valence electrons. The largest absolute Gasteiger partial charge is 0.462 e. The highest BCUT2D eigenvalue weighted by molar-refractivity contribution is 5.95. The Bertz CT molecular complexity index is 1050. The molecule has 7 nitrogen and oxygen atoms in total. The maximum atomic E-state index is 13.7. The molecule has 3 heterocycles. The summed E-state index contributed by atoms with van der Waals surface area (Å²) < 4.78 is 20.3. The molecule has 1 unspecified atom stereocenters. The van der Waals surface area contributed by atoms with Crippen molar-refractivity contribution in [1.29, 1.82) is 0 Å². The molecule has 3 aromatic rings. The van der Waals surface area contributed by atoms with Crippen molar-refractivity contribution >= 4 is 23.1 Å². The first-order chi connectivity index (χ1) is 13.1. The van der Waals surface area contributed by atoms with Crippen LogP contribution >= 0.6 is 0 Å². The number of rotatable bonds is 4. The third-order valence-electron chi connectivity index (χ3n) is 4.38. The first kappa shape index (κ1) is 17.1. The second-order valence-electron chi connectivity index (χ2n) is 6.29. The van der Waals surface area contributed by atoms with Gasteiger partial charge in [0, 0.05) is 24.4 Å². The van der Waals surface area contributed by atoms with E-state index >= 15 is 0 Å². The predicted molar refractivity (Wildman–Crippen MR) is 98.3 cm³/mol. The van der Waals surface area contributed by atoms with Gasteiger partial charge in [0.2, 0.25) is 0 Å². The van der Waals surface area contributed by atoms with Gasteiger partial charge < -0.3 is 4.74 Å². The van der Waals surface area contributed by atoms with Gasteiger partial charge in [0.15, 0.2) is 11.5 Å².